The van der Waals surface area contributed by atoms with E-state index >= 15 is 0 Å². The Kier molecular flexibility index (Phi) is 4.81. The number of sulfonamides is 1. The van der Waals surface area contributed by atoms with Gasteiger partial charge in [-0.1, -0.05) is 30.3 Å². The predicted octanol–water partition coefficient (Wildman–Crippen LogP) is 2.59. The average Bonchev–Trinajstić information content (AvgIpc) is 3.39. The van der Waals surface area contributed by atoms with Gasteiger partial charge in [0.1, 0.15) is 0 Å². The Labute approximate surface area is 167 Å². The van der Waals surface area contributed by atoms with Crippen molar-refractivity contribution in [1.29, 1.82) is 0 Å². The lowest BCUT2D eigenvalue weighted by Crippen LogP contribution is -2.39. The maximum atomic E-state index is 13.0. The Hall–Kier alpha value is -3.59. The van der Waals surface area contributed by atoms with E-state index in [1.165, 1.54) is 36.6 Å². The van der Waals surface area contributed by atoms with Gasteiger partial charge in [0.2, 0.25) is 5.96 Å². The maximum Gasteiger partial charge on any atom is 0.291 e. The van der Waals surface area contributed by atoms with Gasteiger partial charge in [0.25, 0.3) is 15.9 Å². The zero-order valence-corrected chi connectivity index (χ0v) is 16.0. The molecular formula is C20H18N4O4S. The first-order chi connectivity index (χ1) is 13.9. The quantitative estimate of drug-likeness (QED) is 0.670. The van der Waals surface area contributed by atoms with E-state index in [0.717, 1.165) is 9.87 Å². The van der Waals surface area contributed by atoms with Crippen LogP contribution >= 0.6 is 0 Å². The summed E-state index contributed by atoms with van der Waals surface area (Å²) >= 11 is 0. The number of hydrogen-bond acceptors (Lipinski definition) is 6. The van der Waals surface area contributed by atoms with Gasteiger partial charge >= 0.3 is 0 Å². The Bertz CT molecular complexity index is 1140. The largest absolute Gasteiger partial charge is 0.459 e. The molecule has 3 aromatic rings. The highest BCUT2D eigenvalue weighted by molar-refractivity contribution is 7.89. The second-order valence-corrected chi connectivity index (χ2v) is 8.27. The third-order valence-corrected chi connectivity index (χ3v) is 6.30. The summed E-state index contributed by atoms with van der Waals surface area (Å²) in [5, 5.41) is 2.64. The number of nitrogens with two attached hydrogens (primary N) is 1. The number of amides is 1. The highest BCUT2D eigenvalue weighted by Gasteiger charge is 2.34. The number of nitrogens with zero attached hydrogens (tertiary/aromatic N) is 2. The van der Waals surface area contributed by atoms with Crippen LogP contribution in [0.1, 0.15) is 22.2 Å². The maximum absolute atomic E-state index is 13.0. The molecule has 0 fully saturated rings. The average molecular weight is 410 g/mol. The van der Waals surface area contributed by atoms with Crippen LogP contribution in [0, 0.1) is 0 Å². The summed E-state index contributed by atoms with van der Waals surface area (Å²) in [4.78, 5) is 16.4. The zero-order valence-electron chi connectivity index (χ0n) is 15.2. The molecule has 2 heterocycles. The molecule has 4 rings (SSSR count). The van der Waals surface area contributed by atoms with Crippen LogP contribution in [-0.4, -0.2) is 31.1 Å². The molecular weight excluding hydrogens is 392 g/mol. The van der Waals surface area contributed by atoms with Gasteiger partial charge in [0, 0.05) is 5.69 Å². The topological polar surface area (TPSA) is 118 Å². The van der Waals surface area contributed by atoms with E-state index < -0.39 is 15.9 Å². The van der Waals surface area contributed by atoms with Crippen LogP contribution in [0.2, 0.25) is 0 Å². The number of rotatable bonds is 5. The molecule has 29 heavy (non-hydrogen) atoms. The van der Waals surface area contributed by atoms with E-state index in [-0.39, 0.29) is 29.2 Å². The van der Waals surface area contributed by atoms with Gasteiger partial charge in [0.15, 0.2) is 5.76 Å². The molecule has 0 unspecified atom stereocenters. The number of carbonyl (C=O) groups is 1. The lowest BCUT2D eigenvalue weighted by molar-refractivity contribution is 0.0996. The van der Waals surface area contributed by atoms with Crippen LogP contribution in [0.4, 0.5) is 5.69 Å². The summed E-state index contributed by atoms with van der Waals surface area (Å²) in [6.07, 6.45) is 1.40. The van der Waals surface area contributed by atoms with Crippen LogP contribution in [0.15, 0.2) is 87.3 Å². The highest BCUT2D eigenvalue weighted by atomic mass is 32.2. The van der Waals surface area contributed by atoms with Crippen molar-refractivity contribution in [2.45, 2.75) is 10.9 Å². The van der Waals surface area contributed by atoms with Crippen molar-refractivity contribution in [3.63, 3.8) is 0 Å². The first-order valence-corrected chi connectivity index (χ1v) is 10.2. The first kappa shape index (κ1) is 18.8. The summed E-state index contributed by atoms with van der Waals surface area (Å²) in [6, 6.07) is 18.0. The molecule has 0 bridgehead atoms. The normalized spacial score (nSPS) is 16.5. The van der Waals surface area contributed by atoms with Gasteiger partial charge in [0.05, 0.1) is 23.7 Å². The summed E-state index contributed by atoms with van der Waals surface area (Å²) < 4.78 is 32.1. The molecule has 0 radical (unpaired) electrons. The standard InChI is InChI=1S/C20H18N4O4S/c21-20-23-17(14-5-2-1-3-6-14)13-24(20)29(26,27)16-10-8-15(9-11-16)22-19(25)18-7-4-12-28-18/h1-12,17H,13H2,(H2,21,23)(H,22,25)/t17-/m1/s1. The fraction of sp³-hybridized carbons (Fsp3) is 0.100. The van der Waals surface area contributed by atoms with E-state index in [1.54, 1.807) is 6.07 Å². The van der Waals surface area contributed by atoms with Crippen LogP contribution < -0.4 is 11.1 Å². The number of benzene rings is 2. The monoisotopic (exact) mass is 410 g/mol. The van der Waals surface area contributed by atoms with Crippen molar-refractivity contribution >= 4 is 27.6 Å². The number of furan rings is 1. The molecule has 2 aromatic carbocycles. The van der Waals surface area contributed by atoms with Gasteiger partial charge < -0.3 is 15.5 Å². The number of guanidine groups is 1. The number of aliphatic imine (C=N–C) groups is 1. The number of anilines is 1. The van der Waals surface area contributed by atoms with E-state index in [0.29, 0.717) is 5.69 Å². The van der Waals surface area contributed by atoms with Gasteiger partial charge in [-0.3, -0.25) is 4.79 Å². The third-order valence-electron chi connectivity index (χ3n) is 4.51. The van der Waals surface area contributed by atoms with E-state index in [1.807, 2.05) is 30.3 Å². The van der Waals surface area contributed by atoms with Crippen LogP contribution in [0.3, 0.4) is 0 Å². The molecule has 3 N–H and O–H groups in total. The van der Waals surface area contributed by atoms with Crippen molar-refractivity contribution in [2.75, 3.05) is 11.9 Å². The fourth-order valence-electron chi connectivity index (χ4n) is 3.03. The molecule has 0 saturated carbocycles. The highest BCUT2D eigenvalue weighted by Crippen LogP contribution is 2.28. The zero-order chi connectivity index (χ0) is 20.4. The smallest absolute Gasteiger partial charge is 0.291 e. The Morgan fingerprint density at radius 1 is 1.07 bits per heavy atom. The van der Waals surface area contributed by atoms with Crippen LogP contribution in [0.25, 0.3) is 0 Å². The van der Waals surface area contributed by atoms with E-state index in [4.69, 9.17) is 10.2 Å². The Morgan fingerprint density at radius 3 is 2.45 bits per heavy atom. The number of carbonyl (C=O) groups excluding carboxylic acids is 1. The minimum absolute atomic E-state index is 0.0472. The molecule has 1 aromatic heterocycles. The van der Waals surface area contributed by atoms with Gasteiger partial charge in [-0.15, -0.1) is 0 Å². The molecule has 148 valence electrons. The molecule has 9 heteroatoms. The van der Waals surface area contributed by atoms with Crippen molar-refractivity contribution in [3.05, 3.63) is 84.3 Å². The van der Waals surface area contributed by atoms with Crippen LogP contribution in [0.5, 0.6) is 0 Å². The molecule has 1 aliphatic rings. The molecule has 1 atom stereocenters. The summed E-state index contributed by atoms with van der Waals surface area (Å²) in [7, 11) is -3.87. The molecule has 0 aliphatic carbocycles. The third kappa shape index (κ3) is 3.72. The summed E-state index contributed by atoms with van der Waals surface area (Å²) in [5.74, 6) is -0.309. The number of hydrogen-bond donors (Lipinski definition) is 2. The SMILES string of the molecule is NC1=N[C@@H](c2ccccc2)CN1S(=O)(=O)c1ccc(NC(=O)c2ccco2)cc1. The predicted molar refractivity (Wildman–Crippen MR) is 108 cm³/mol. The van der Waals surface area contributed by atoms with E-state index in [2.05, 4.69) is 10.3 Å². The van der Waals surface area contributed by atoms with Gasteiger partial charge in [-0.2, -0.15) is 0 Å². The molecule has 0 saturated heterocycles. The molecule has 1 amide bonds. The van der Waals surface area contributed by atoms with E-state index in [9.17, 15) is 13.2 Å². The van der Waals surface area contributed by atoms with Crippen LogP contribution in [-0.2, 0) is 10.0 Å². The van der Waals surface area contributed by atoms with Crippen molar-refractivity contribution in [2.24, 2.45) is 10.7 Å². The van der Waals surface area contributed by atoms with Gasteiger partial charge in [-0.25, -0.2) is 17.7 Å². The molecule has 1 aliphatic heterocycles. The Balaban J connectivity index is 1.50. The Morgan fingerprint density at radius 2 is 1.79 bits per heavy atom. The second-order valence-electron chi connectivity index (χ2n) is 6.41. The van der Waals surface area contributed by atoms with Crippen molar-refractivity contribution < 1.29 is 17.6 Å². The minimum Gasteiger partial charge on any atom is -0.459 e. The number of nitrogens with one attached hydrogen (secondary N) is 1. The lowest BCUT2D eigenvalue weighted by Gasteiger charge is -2.19. The first-order valence-electron chi connectivity index (χ1n) is 8.81. The molecule has 8 nitrogen and oxygen atoms in total. The molecule has 0 spiro atoms. The second kappa shape index (κ2) is 7.44. The fourth-order valence-corrected chi connectivity index (χ4v) is 4.40. The summed E-state index contributed by atoms with van der Waals surface area (Å²) in [5.41, 5.74) is 7.24. The summed E-state index contributed by atoms with van der Waals surface area (Å²) in [6.45, 7) is 0.134. The van der Waals surface area contributed by atoms with Crippen molar-refractivity contribution in [1.82, 2.24) is 4.31 Å². The lowest BCUT2D eigenvalue weighted by atomic mass is 10.1. The minimum atomic E-state index is -3.87. The van der Waals surface area contributed by atoms with Crippen molar-refractivity contribution in [3.8, 4) is 0 Å². The van der Waals surface area contributed by atoms with Gasteiger partial charge in [-0.05, 0) is 42.0 Å².